The molecular formula is C13H17ClO2. The Balaban J connectivity index is 3.18. The molecule has 0 radical (unpaired) electrons. The molecule has 0 atom stereocenters. The molecule has 0 amide bonds. The van der Waals surface area contributed by atoms with Gasteiger partial charge in [0.1, 0.15) is 5.60 Å². The zero-order chi connectivity index (χ0) is 12.3. The molecule has 1 N–H and O–H groups in total. The number of halogens is 1. The highest BCUT2D eigenvalue weighted by molar-refractivity contribution is 6.17. The summed E-state index contributed by atoms with van der Waals surface area (Å²) in [5.74, 6) is 0.106. The summed E-state index contributed by atoms with van der Waals surface area (Å²) in [7, 11) is 0. The van der Waals surface area contributed by atoms with E-state index in [9.17, 15) is 9.90 Å². The van der Waals surface area contributed by atoms with Crippen LogP contribution in [0.25, 0.3) is 0 Å². The molecule has 0 bridgehead atoms. The molecule has 0 saturated carbocycles. The van der Waals surface area contributed by atoms with Crippen molar-refractivity contribution in [3.05, 3.63) is 34.9 Å². The minimum absolute atomic E-state index is 0.269. The molecule has 0 unspecified atom stereocenters. The number of ketones is 1. The van der Waals surface area contributed by atoms with Crippen molar-refractivity contribution in [1.29, 1.82) is 0 Å². The largest absolute Gasteiger partial charge is 0.382 e. The Labute approximate surface area is 101 Å². The lowest BCUT2D eigenvalue weighted by Crippen LogP contribution is -2.31. The van der Waals surface area contributed by atoms with Crippen LogP contribution in [0.2, 0.25) is 0 Å². The Bertz CT molecular complexity index is 369. The fourth-order valence-electron chi connectivity index (χ4n) is 1.53. The van der Waals surface area contributed by atoms with E-state index in [4.69, 9.17) is 11.6 Å². The quantitative estimate of drug-likeness (QED) is 0.649. The molecule has 0 saturated heterocycles. The monoisotopic (exact) mass is 240 g/mol. The molecule has 88 valence electrons. The van der Waals surface area contributed by atoms with Gasteiger partial charge in [0.2, 0.25) is 0 Å². The molecule has 0 aliphatic carbocycles. The highest BCUT2D eigenvalue weighted by Crippen LogP contribution is 2.18. The Hall–Kier alpha value is -0.860. The Morgan fingerprint density at radius 3 is 2.31 bits per heavy atom. The van der Waals surface area contributed by atoms with Crippen LogP contribution in [0.1, 0.15) is 42.3 Å². The maximum Gasteiger partial charge on any atom is 0.193 e. The second-order valence-electron chi connectivity index (χ2n) is 4.41. The summed E-state index contributed by atoms with van der Waals surface area (Å²) < 4.78 is 0. The van der Waals surface area contributed by atoms with Gasteiger partial charge in [-0.1, -0.05) is 13.0 Å². The number of hydrogen-bond donors (Lipinski definition) is 1. The molecule has 0 aliphatic heterocycles. The zero-order valence-electron chi connectivity index (χ0n) is 9.88. The van der Waals surface area contributed by atoms with E-state index in [1.165, 1.54) is 13.8 Å². The molecular weight excluding hydrogens is 224 g/mol. The third-order valence-corrected chi connectivity index (χ3v) is 2.74. The van der Waals surface area contributed by atoms with Crippen LogP contribution < -0.4 is 0 Å². The van der Waals surface area contributed by atoms with Crippen molar-refractivity contribution in [1.82, 2.24) is 0 Å². The number of aryl methyl sites for hydroxylation is 1. The predicted octanol–water partition coefficient (Wildman–Crippen LogP) is 2.94. The first kappa shape index (κ1) is 13.2. The fraction of sp³-hybridized carbons (Fsp3) is 0.462. The zero-order valence-corrected chi connectivity index (χ0v) is 10.6. The van der Waals surface area contributed by atoms with E-state index in [0.717, 1.165) is 17.5 Å². The molecule has 0 fully saturated rings. The summed E-state index contributed by atoms with van der Waals surface area (Å²) in [6, 6.07) is 5.54. The van der Waals surface area contributed by atoms with E-state index in [1.807, 2.05) is 19.1 Å². The number of alkyl halides is 1. The van der Waals surface area contributed by atoms with Crippen molar-refractivity contribution in [3.63, 3.8) is 0 Å². The average molecular weight is 241 g/mol. The van der Waals surface area contributed by atoms with E-state index in [2.05, 4.69) is 0 Å². The smallest absolute Gasteiger partial charge is 0.193 e. The predicted molar refractivity (Wildman–Crippen MR) is 66.0 cm³/mol. The molecule has 3 heteroatoms. The highest BCUT2D eigenvalue weighted by atomic mass is 35.5. The van der Waals surface area contributed by atoms with Crippen LogP contribution in [0.4, 0.5) is 0 Å². The summed E-state index contributed by atoms with van der Waals surface area (Å²) in [6.07, 6.45) is 0.844. The van der Waals surface area contributed by atoms with Crippen molar-refractivity contribution >= 4 is 17.4 Å². The Morgan fingerprint density at radius 2 is 1.88 bits per heavy atom. The molecule has 16 heavy (non-hydrogen) atoms. The van der Waals surface area contributed by atoms with E-state index in [0.29, 0.717) is 11.4 Å². The van der Waals surface area contributed by atoms with E-state index in [-0.39, 0.29) is 5.78 Å². The summed E-state index contributed by atoms with van der Waals surface area (Å²) in [5, 5.41) is 9.68. The first-order chi connectivity index (χ1) is 7.38. The lowest BCUT2D eigenvalue weighted by atomic mass is 9.94. The Kier molecular flexibility index (Phi) is 4.11. The minimum atomic E-state index is -1.34. The van der Waals surface area contributed by atoms with Gasteiger partial charge in [0.25, 0.3) is 0 Å². The van der Waals surface area contributed by atoms with Crippen molar-refractivity contribution in [2.24, 2.45) is 0 Å². The van der Waals surface area contributed by atoms with Crippen molar-refractivity contribution in [3.8, 4) is 0 Å². The van der Waals surface area contributed by atoms with Crippen molar-refractivity contribution in [2.75, 3.05) is 0 Å². The average Bonchev–Trinajstić information content (AvgIpc) is 2.26. The number of hydrogen-bond acceptors (Lipinski definition) is 2. The van der Waals surface area contributed by atoms with Crippen LogP contribution in [0, 0.1) is 0 Å². The summed E-state index contributed by atoms with van der Waals surface area (Å²) in [6.45, 7) is 5.01. The van der Waals surface area contributed by atoms with Crippen LogP contribution in [-0.2, 0) is 12.3 Å². The van der Waals surface area contributed by atoms with Gasteiger partial charge in [0.05, 0.1) is 0 Å². The number of carbonyl (C=O) groups is 1. The molecule has 1 aromatic rings. The van der Waals surface area contributed by atoms with E-state index in [1.54, 1.807) is 6.07 Å². The maximum atomic E-state index is 11.9. The molecule has 1 rings (SSSR count). The first-order valence-corrected chi connectivity index (χ1v) is 5.88. The number of carbonyl (C=O) groups excluding carboxylic acids is 1. The maximum absolute atomic E-state index is 11.9. The first-order valence-electron chi connectivity index (χ1n) is 5.34. The van der Waals surface area contributed by atoms with Crippen LogP contribution in [0.5, 0.6) is 0 Å². The number of rotatable bonds is 4. The lowest BCUT2D eigenvalue weighted by Gasteiger charge is -2.16. The van der Waals surface area contributed by atoms with Gasteiger partial charge in [-0.25, -0.2) is 0 Å². The third kappa shape index (κ3) is 3.06. The van der Waals surface area contributed by atoms with E-state index < -0.39 is 5.60 Å². The van der Waals surface area contributed by atoms with Gasteiger partial charge in [0, 0.05) is 11.4 Å². The Morgan fingerprint density at radius 1 is 1.31 bits per heavy atom. The summed E-state index contributed by atoms with van der Waals surface area (Å²) in [5.41, 5.74) is 1.16. The summed E-state index contributed by atoms with van der Waals surface area (Å²) >= 11 is 5.77. The number of benzene rings is 1. The normalized spacial score (nSPS) is 11.6. The van der Waals surface area contributed by atoms with Gasteiger partial charge in [-0.15, -0.1) is 11.6 Å². The van der Waals surface area contributed by atoms with Crippen LogP contribution in [0.3, 0.4) is 0 Å². The van der Waals surface area contributed by atoms with Crippen LogP contribution in [-0.4, -0.2) is 16.5 Å². The third-order valence-electron chi connectivity index (χ3n) is 2.43. The molecule has 0 aromatic heterocycles. The van der Waals surface area contributed by atoms with Crippen LogP contribution in [0.15, 0.2) is 18.2 Å². The van der Waals surface area contributed by atoms with E-state index >= 15 is 0 Å². The topological polar surface area (TPSA) is 37.3 Å². The van der Waals surface area contributed by atoms with Crippen molar-refractivity contribution < 1.29 is 9.90 Å². The fourth-order valence-corrected chi connectivity index (χ4v) is 1.68. The van der Waals surface area contributed by atoms with Gasteiger partial charge in [-0.3, -0.25) is 4.79 Å². The molecule has 1 aromatic carbocycles. The SMILES string of the molecule is CCc1cc(CCl)cc(C(=O)C(C)(C)O)c1. The number of aliphatic hydroxyl groups is 1. The van der Waals surface area contributed by atoms with Gasteiger partial charge in [-0.05, 0) is 43.5 Å². The molecule has 2 nitrogen and oxygen atoms in total. The van der Waals surface area contributed by atoms with Crippen molar-refractivity contribution in [2.45, 2.75) is 38.7 Å². The van der Waals surface area contributed by atoms with Gasteiger partial charge in [-0.2, -0.15) is 0 Å². The number of Topliss-reactive ketones (excluding diaryl/α,β-unsaturated/α-hetero) is 1. The lowest BCUT2D eigenvalue weighted by molar-refractivity contribution is 0.0488. The second-order valence-corrected chi connectivity index (χ2v) is 4.68. The summed E-state index contributed by atoms with van der Waals surface area (Å²) in [4.78, 5) is 11.9. The van der Waals surface area contributed by atoms with Crippen LogP contribution >= 0.6 is 11.6 Å². The molecule has 0 aliphatic rings. The van der Waals surface area contributed by atoms with Gasteiger partial charge in [0.15, 0.2) is 5.78 Å². The van der Waals surface area contributed by atoms with Gasteiger partial charge >= 0.3 is 0 Å². The van der Waals surface area contributed by atoms with Gasteiger partial charge < -0.3 is 5.11 Å². The second kappa shape index (κ2) is 4.98. The minimum Gasteiger partial charge on any atom is -0.382 e. The molecule has 0 spiro atoms. The highest BCUT2D eigenvalue weighted by Gasteiger charge is 2.25. The molecule has 0 heterocycles. The standard InChI is InChI=1S/C13H17ClO2/c1-4-9-5-10(8-14)7-11(6-9)12(15)13(2,3)16/h5-7,16H,4,8H2,1-3H3.